The van der Waals surface area contributed by atoms with Gasteiger partial charge in [0, 0.05) is 60.7 Å². The molecule has 12 heteroatoms. The molecule has 0 spiro atoms. The smallest absolute Gasteiger partial charge is 0.269 e. The van der Waals surface area contributed by atoms with E-state index >= 15 is 0 Å². The van der Waals surface area contributed by atoms with Crippen molar-refractivity contribution in [3.8, 4) is 11.3 Å². The van der Waals surface area contributed by atoms with Crippen molar-refractivity contribution in [3.05, 3.63) is 107 Å². The van der Waals surface area contributed by atoms with Crippen molar-refractivity contribution in [2.75, 3.05) is 18.4 Å². The maximum Gasteiger partial charge on any atom is 0.269 e. The Hall–Kier alpha value is -4.68. The third kappa shape index (κ3) is 5.65. The highest BCUT2D eigenvalue weighted by molar-refractivity contribution is 7.90. The Morgan fingerprint density at radius 3 is 2.59 bits per heavy atom. The number of benzene rings is 2. The van der Waals surface area contributed by atoms with E-state index in [2.05, 4.69) is 25.2 Å². The zero-order valence-electron chi connectivity index (χ0n) is 22.0. The first kappa shape index (κ1) is 26.5. The van der Waals surface area contributed by atoms with Crippen LogP contribution in [0.25, 0.3) is 22.3 Å². The largest absolute Gasteiger partial charge is 0.366 e. The van der Waals surface area contributed by atoms with E-state index in [9.17, 15) is 18.5 Å². The number of hydrogen-bond donors (Lipinski definition) is 1. The predicted molar refractivity (Wildman–Crippen MR) is 155 cm³/mol. The molecule has 1 aliphatic rings. The first-order chi connectivity index (χ1) is 19.9. The SMILES string of the molecule is O=[N+]([O-])c1ccc(CN2CCCC(Nc3cc(-c4cnc5c(ccn5S(=O)(=O)c5ccccc5)c4)ncn3)C2)cc1. The van der Waals surface area contributed by atoms with Gasteiger partial charge in [-0.1, -0.05) is 30.3 Å². The number of likely N-dealkylation sites (tertiary alicyclic amines) is 1. The molecule has 4 heterocycles. The number of nitrogens with one attached hydrogen (secondary N) is 1. The van der Waals surface area contributed by atoms with Crippen LogP contribution in [0.5, 0.6) is 0 Å². The Kier molecular flexibility index (Phi) is 7.16. The zero-order chi connectivity index (χ0) is 28.4. The van der Waals surface area contributed by atoms with Gasteiger partial charge in [0.25, 0.3) is 15.7 Å². The number of pyridine rings is 1. The van der Waals surface area contributed by atoms with Gasteiger partial charge in [0.05, 0.1) is 15.5 Å². The van der Waals surface area contributed by atoms with E-state index in [1.54, 1.807) is 54.7 Å². The van der Waals surface area contributed by atoms with Crippen LogP contribution in [0.3, 0.4) is 0 Å². The van der Waals surface area contributed by atoms with Crippen molar-refractivity contribution < 1.29 is 13.3 Å². The van der Waals surface area contributed by atoms with E-state index in [4.69, 9.17) is 0 Å². The summed E-state index contributed by atoms with van der Waals surface area (Å²) in [6.45, 7) is 2.49. The molecule has 0 amide bonds. The molecule has 1 fully saturated rings. The van der Waals surface area contributed by atoms with Gasteiger partial charge in [-0.05, 0) is 49.2 Å². The molecule has 208 valence electrons. The summed E-state index contributed by atoms with van der Waals surface area (Å²) < 4.78 is 27.4. The highest BCUT2D eigenvalue weighted by Gasteiger charge is 2.22. The van der Waals surface area contributed by atoms with Gasteiger partial charge < -0.3 is 5.32 Å². The quantitative estimate of drug-likeness (QED) is 0.208. The Balaban J connectivity index is 1.16. The molecule has 0 aliphatic carbocycles. The van der Waals surface area contributed by atoms with Crippen LogP contribution in [-0.4, -0.2) is 56.3 Å². The summed E-state index contributed by atoms with van der Waals surface area (Å²) in [5.41, 5.74) is 2.90. The fourth-order valence-electron chi connectivity index (χ4n) is 5.14. The van der Waals surface area contributed by atoms with Crippen LogP contribution in [-0.2, 0) is 16.6 Å². The lowest BCUT2D eigenvalue weighted by atomic mass is 10.0. The number of aromatic nitrogens is 4. The molecular weight excluding hydrogens is 542 g/mol. The van der Waals surface area contributed by atoms with Crippen LogP contribution >= 0.6 is 0 Å². The van der Waals surface area contributed by atoms with E-state index in [-0.39, 0.29) is 21.5 Å². The second-order valence-corrected chi connectivity index (χ2v) is 11.8. The van der Waals surface area contributed by atoms with Crippen LogP contribution < -0.4 is 5.32 Å². The fourth-order valence-corrected chi connectivity index (χ4v) is 6.47. The molecular formula is C29H27N7O4S. The maximum absolute atomic E-state index is 13.1. The summed E-state index contributed by atoms with van der Waals surface area (Å²) >= 11 is 0. The van der Waals surface area contributed by atoms with Crippen LogP contribution in [0, 0.1) is 10.1 Å². The normalized spacial score (nSPS) is 16.0. The molecule has 0 bridgehead atoms. The summed E-state index contributed by atoms with van der Waals surface area (Å²) in [5.74, 6) is 0.696. The molecule has 1 N–H and O–H groups in total. The number of anilines is 1. The summed E-state index contributed by atoms with van der Waals surface area (Å²) in [4.78, 5) is 26.4. The standard InChI is InChI=1S/C29H27N7O4S/c37-36(38)25-10-8-21(9-11-25)18-34-13-4-5-24(19-34)33-28-16-27(31-20-32-28)23-15-22-12-14-35(29(22)30-17-23)41(39,40)26-6-2-1-3-7-26/h1-3,6-12,14-17,20,24H,4-5,13,18-19H2,(H,31,32,33). The maximum atomic E-state index is 13.1. The van der Waals surface area contributed by atoms with E-state index in [0.717, 1.165) is 43.6 Å². The summed E-state index contributed by atoms with van der Waals surface area (Å²) in [7, 11) is -3.77. The second-order valence-electron chi connectivity index (χ2n) is 10.00. The average molecular weight is 570 g/mol. The molecule has 41 heavy (non-hydrogen) atoms. The number of fused-ring (bicyclic) bond motifs is 1. The molecule has 3 aromatic heterocycles. The van der Waals surface area contributed by atoms with Gasteiger partial charge in [0.15, 0.2) is 5.65 Å². The third-order valence-electron chi connectivity index (χ3n) is 7.17. The van der Waals surface area contributed by atoms with Crippen molar-refractivity contribution in [2.24, 2.45) is 0 Å². The minimum Gasteiger partial charge on any atom is -0.366 e. The predicted octanol–water partition coefficient (Wildman–Crippen LogP) is 4.72. The summed E-state index contributed by atoms with van der Waals surface area (Å²) in [6.07, 6.45) is 6.66. The van der Waals surface area contributed by atoms with Crippen LogP contribution in [0.1, 0.15) is 18.4 Å². The highest BCUT2D eigenvalue weighted by atomic mass is 32.2. The fraction of sp³-hybridized carbons (Fsp3) is 0.207. The number of piperidine rings is 1. The van der Waals surface area contributed by atoms with E-state index in [0.29, 0.717) is 22.5 Å². The number of rotatable bonds is 8. The van der Waals surface area contributed by atoms with Crippen molar-refractivity contribution in [1.29, 1.82) is 0 Å². The third-order valence-corrected chi connectivity index (χ3v) is 8.85. The van der Waals surface area contributed by atoms with Crippen molar-refractivity contribution >= 4 is 32.6 Å². The molecule has 0 radical (unpaired) electrons. The molecule has 1 atom stereocenters. The second kappa shape index (κ2) is 11.1. The minimum atomic E-state index is -3.77. The number of non-ortho nitro benzene ring substituents is 1. The lowest BCUT2D eigenvalue weighted by Crippen LogP contribution is -2.41. The van der Waals surface area contributed by atoms with Gasteiger partial charge in [-0.15, -0.1) is 0 Å². The Morgan fingerprint density at radius 1 is 1.00 bits per heavy atom. The number of nitro groups is 1. The Morgan fingerprint density at radius 2 is 1.80 bits per heavy atom. The molecule has 6 rings (SSSR count). The van der Waals surface area contributed by atoms with Crippen LogP contribution in [0.15, 0.2) is 96.4 Å². The van der Waals surface area contributed by atoms with E-state index in [1.807, 2.05) is 24.3 Å². The number of nitro benzene ring substituents is 1. The first-order valence-corrected chi connectivity index (χ1v) is 14.6. The van der Waals surface area contributed by atoms with Crippen LogP contribution in [0.4, 0.5) is 11.5 Å². The van der Waals surface area contributed by atoms with Crippen molar-refractivity contribution in [3.63, 3.8) is 0 Å². The molecule has 11 nitrogen and oxygen atoms in total. The summed E-state index contributed by atoms with van der Waals surface area (Å²) in [6, 6.07) is 20.6. The molecule has 5 aromatic rings. The Bertz CT molecular complexity index is 1810. The van der Waals surface area contributed by atoms with E-state index < -0.39 is 10.0 Å². The number of nitrogens with zero attached hydrogens (tertiary/aromatic N) is 6. The Labute approximate surface area is 236 Å². The van der Waals surface area contributed by atoms with Crippen molar-refractivity contribution in [1.82, 2.24) is 23.8 Å². The molecule has 1 saturated heterocycles. The van der Waals surface area contributed by atoms with Crippen molar-refractivity contribution in [2.45, 2.75) is 30.3 Å². The number of hydrogen-bond acceptors (Lipinski definition) is 9. The highest BCUT2D eigenvalue weighted by Crippen LogP contribution is 2.26. The van der Waals surface area contributed by atoms with Gasteiger partial charge >= 0.3 is 0 Å². The lowest BCUT2D eigenvalue weighted by Gasteiger charge is -2.33. The topological polar surface area (TPSA) is 136 Å². The average Bonchev–Trinajstić information content (AvgIpc) is 3.43. The molecule has 0 saturated carbocycles. The van der Waals surface area contributed by atoms with Gasteiger partial charge in [-0.2, -0.15) is 0 Å². The van der Waals surface area contributed by atoms with Gasteiger partial charge in [0.2, 0.25) is 0 Å². The van der Waals surface area contributed by atoms with E-state index in [1.165, 1.54) is 16.5 Å². The van der Waals surface area contributed by atoms with Crippen LogP contribution in [0.2, 0.25) is 0 Å². The van der Waals surface area contributed by atoms with Gasteiger partial charge in [-0.3, -0.25) is 15.0 Å². The monoisotopic (exact) mass is 569 g/mol. The molecule has 1 aliphatic heterocycles. The molecule has 1 unspecified atom stereocenters. The summed E-state index contributed by atoms with van der Waals surface area (Å²) in [5, 5.41) is 15.1. The lowest BCUT2D eigenvalue weighted by molar-refractivity contribution is -0.384. The first-order valence-electron chi connectivity index (χ1n) is 13.2. The zero-order valence-corrected chi connectivity index (χ0v) is 22.8. The van der Waals surface area contributed by atoms with Gasteiger partial charge in [-0.25, -0.2) is 27.3 Å². The van der Waals surface area contributed by atoms with Gasteiger partial charge in [0.1, 0.15) is 12.1 Å². The minimum absolute atomic E-state index is 0.0932. The molecule has 2 aromatic carbocycles.